The highest BCUT2D eigenvalue weighted by Gasteiger charge is 2.30. The van der Waals surface area contributed by atoms with Crippen LogP contribution in [0.1, 0.15) is 42.3 Å². The number of Topliss-reactive ketones (excluding diaryl/α,β-unsaturated/α-hetero) is 1. The maximum absolute atomic E-state index is 12.8. The minimum Gasteiger partial charge on any atom is -0.497 e. The summed E-state index contributed by atoms with van der Waals surface area (Å²) in [5.74, 6) is 1.09. The van der Waals surface area contributed by atoms with Crippen molar-refractivity contribution in [2.75, 3.05) is 13.7 Å². The average Bonchev–Trinajstić information content (AvgIpc) is 2.94. The summed E-state index contributed by atoms with van der Waals surface area (Å²) in [4.78, 5) is 24.6. The van der Waals surface area contributed by atoms with E-state index in [0.29, 0.717) is 28.4 Å². The first kappa shape index (κ1) is 20.5. The van der Waals surface area contributed by atoms with Gasteiger partial charge in [-0.2, -0.15) is 0 Å². The Balaban J connectivity index is 1.78. The fourth-order valence-electron chi connectivity index (χ4n) is 2.96. The summed E-state index contributed by atoms with van der Waals surface area (Å²) >= 11 is 0. The quantitative estimate of drug-likeness (QED) is 0.553. The van der Waals surface area contributed by atoms with E-state index in [1.807, 2.05) is 24.3 Å². The van der Waals surface area contributed by atoms with Gasteiger partial charge >= 0.3 is 5.97 Å². The standard InChI is InChI=1S/C23H24O6/c1-14-9-17(27-13-20(24)29-23(2,3)4)12-18-21(14)22(25)19(28-18)11-15-7-6-8-16(10-15)26-5/h6-12H,13H2,1-5H3/b19-11-. The summed E-state index contributed by atoms with van der Waals surface area (Å²) in [5.41, 5.74) is 1.41. The Morgan fingerprint density at radius 1 is 1.14 bits per heavy atom. The molecule has 152 valence electrons. The molecule has 0 saturated carbocycles. The molecule has 6 heteroatoms. The lowest BCUT2D eigenvalue weighted by molar-refractivity contribution is -0.157. The van der Waals surface area contributed by atoms with Gasteiger partial charge in [0.25, 0.3) is 0 Å². The summed E-state index contributed by atoms with van der Waals surface area (Å²) in [7, 11) is 1.58. The molecule has 3 rings (SSSR count). The number of esters is 1. The number of aryl methyl sites for hydroxylation is 1. The fourth-order valence-corrected chi connectivity index (χ4v) is 2.96. The van der Waals surface area contributed by atoms with Gasteiger partial charge in [0.1, 0.15) is 22.8 Å². The largest absolute Gasteiger partial charge is 0.497 e. The van der Waals surface area contributed by atoms with Gasteiger partial charge in [-0.05, 0) is 63.1 Å². The minimum absolute atomic E-state index is 0.195. The number of ketones is 1. The maximum Gasteiger partial charge on any atom is 0.344 e. The van der Waals surface area contributed by atoms with Crippen molar-refractivity contribution in [3.63, 3.8) is 0 Å². The number of fused-ring (bicyclic) bond motifs is 1. The van der Waals surface area contributed by atoms with E-state index in [0.717, 1.165) is 5.56 Å². The van der Waals surface area contributed by atoms with Gasteiger partial charge in [0.15, 0.2) is 12.4 Å². The number of carbonyl (C=O) groups excluding carboxylic acids is 2. The number of benzene rings is 2. The topological polar surface area (TPSA) is 71.1 Å². The van der Waals surface area contributed by atoms with Crippen LogP contribution in [0.15, 0.2) is 42.2 Å². The van der Waals surface area contributed by atoms with Gasteiger partial charge in [-0.25, -0.2) is 4.79 Å². The molecule has 0 aromatic heterocycles. The van der Waals surface area contributed by atoms with Gasteiger partial charge in [-0.1, -0.05) is 12.1 Å². The van der Waals surface area contributed by atoms with Crippen LogP contribution in [0.3, 0.4) is 0 Å². The minimum atomic E-state index is -0.580. The Morgan fingerprint density at radius 2 is 1.90 bits per heavy atom. The lowest BCUT2D eigenvalue weighted by Gasteiger charge is -2.19. The van der Waals surface area contributed by atoms with E-state index in [1.165, 1.54) is 0 Å². The van der Waals surface area contributed by atoms with Crippen LogP contribution in [-0.4, -0.2) is 31.1 Å². The highest BCUT2D eigenvalue weighted by atomic mass is 16.6. The zero-order valence-electron chi connectivity index (χ0n) is 17.2. The number of ether oxygens (including phenoxy) is 4. The van der Waals surface area contributed by atoms with Crippen LogP contribution in [0.2, 0.25) is 0 Å². The third-order valence-corrected chi connectivity index (χ3v) is 4.11. The van der Waals surface area contributed by atoms with Crippen molar-refractivity contribution in [3.8, 4) is 17.2 Å². The third kappa shape index (κ3) is 4.96. The lowest BCUT2D eigenvalue weighted by Crippen LogP contribution is -2.27. The highest BCUT2D eigenvalue weighted by molar-refractivity contribution is 6.15. The van der Waals surface area contributed by atoms with Crippen molar-refractivity contribution in [3.05, 3.63) is 58.8 Å². The van der Waals surface area contributed by atoms with Crippen LogP contribution >= 0.6 is 0 Å². The number of hydrogen-bond donors (Lipinski definition) is 0. The fraction of sp³-hybridized carbons (Fsp3) is 0.304. The van der Waals surface area contributed by atoms with Crippen molar-refractivity contribution in [1.82, 2.24) is 0 Å². The summed E-state index contributed by atoms with van der Waals surface area (Å²) in [6.45, 7) is 6.95. The summed E-state index contributed by atoms with van der Waals surface area (Å²) in [6, 6.07) is 10.7. The van der Waals surface area contributed by atoms with E-state index in [-0.39, 0.29) is 18.1 Å². The predicted molar refractivity (Wildman–Crippen MR) is 108 cm³/mol. The SMILES string of the molecule is COc1cccc(/C=C2\Oc3cc(OCC(=O)OC(C)(C)C)cc(C)c3C2=O)c1. The second kappa shape index (κ2) is 7.99. The number of allylic oxidation sites excluding steroid dienone is 1. The van der Waals surface area contributed by atoms with Crippen molar-refractivity contribution in [1.29, 1.82) is 0 Å². The van der Waals surface area contributed by atoms with Gasteiger partial charge in [-0.15, -0.1) is 0 Å². The second-order valence-corrected chi connectivity index (χ2v) is 7.70. The normalized spacial score (nSPS) is 14.4. The molecule has 0 radical (unpaired) electrons. The molecule has 0 bridgehead atoms. The molecule has 0 aliphatic carbocycles. The molecule has 2 aromatic carbocycles. The third-order valence-electron chi connectivity index (χ3n) is 4.11. The molecule has 0 amide bonds. The molecule has 0 N–H and O–H groups in total. The highest BCUT2D eigenvalue weighted by Crippen LogP contribution is 2.37. The molecule has 1 aliphatic rings. The molecule has 0 unspecified atom stereocenters. The van der Waals surface area contributed by atoms with Crippen LogP contribution < -0.4 is 14.2 Å². The number of rotatable bonds is 5. The summed E-state index contributed by atoms with van der Waals surface area (Å²) < 4.78 is 21.8. The van der Waals surface area contributed by atoms with Crippen molar-refractivity contribution in [2.45, 2.75) is 33.3 Å². The Morgan fingerprint density at radius 3 is 2.59 bits per heavy atom. The van der Waals surface area contributed by atoms with E-state index < -0.39 is 11.6 Å². The first-order valence-electron chi connectivity index (χ1n) is 9.24. The zero-order chi connectivity index (χ0) is 21.2. The van der Waals surface area contributed by atoms with E-state index in [4.69, 9.17) is 18.9 Å². The predicted octanol–water partition coefficient (Wildman–Crippen LogP) is 4.34. The summed E-state index contributed by atoms with van der Waals surface area (Å²) in [5, 5.41) is 0. The van der Waals surface area contributed by atoms with Crippen LogP contribution in [0, 0.1) is 6.92 Å². The lowest BCUT2D eigenvalue weighted by atomic mass is 10.0. The van der Waals surface area contributed by atoms with Crippen LogP contribution in [-0.2, 0) is 9.53 Å². The van der Waals surface area contributed by atoms with E-state index in [1.54, 1.807) is 53.0 Å². The molecule has 0 atom stereocenters. The smallest absolute Gasteiger partial charge is 0.344 e. The Kier molecular flexibility index (Phi) is 5.64. The monoisotopic (exact) mass is 396 g/mol. The molecule has 1 heterocycles. The van der Waals surface area contributed by atoms with Gasteiger partial charge < -0.3 is 18.9 Å². The van der Waals surface area contributed by atoms with Crippen LogP contribution in [0.5, 0.6) is 17.2 Å². The zero-order valence-corrected chi connectivity index (χ0v) is 17.2. The van der Waals surface area contributed by atoms with Crippen LogP contribution in [0.25, 0.3) is 6.08 Å². The van der Waals surface area contributed by atoms with Crippen molar-refractivity contribution < 1.29 is 28.5 Å². The molecular weight excluding hydrogens is 372 g/mol. The van der Waals surface area contributed by atoms with Gasteiger partial charge in [-0.3, -0.25) is 4.79 Å². The molecule has 0 spiro atoms. The van der Waals surface area contributed by atoms with E-state index >= 15 is 0 Å². The van der Waals surface area contributed by atoms with Gasteiger partial charge in [0, 0.05) is 6.07 Å². The Hall–Kier alpha value is -3.28. The second-order valence-electron chi connectivity index (χ2n) is 7.70. The molecule has 0 saturated heterocycles. The van der Waals surface area contributed by atoms with E-state index in [9.17, 15) is 9.59 Å². The number of carbonyl (C=O) groups is 2. The molecule has 0 fully saturated rings. The van der Waals surface area contributed by atoms with Crippen molar-refractivity contribution >= 4 is 17.8 Å². The van der Waals surface area contributed by atoms with Gasteiger partial charge in [0.2, 0.25) is 5.78 Å². The average molecular weight is 396 g/mol. The Labute approximate surface area is 170 Å². The molecule has 1 aliphatic heterocycles. The number of methoxy groups -OCH3 is 1. The maximum atomic E-state index is 12.8. The van der Waals surface area contributed by atoms with E-state index in [2.05, 4.69) is 0 Å². The molecular formula is C23H24O6. The number of hydrogen-bond acceptors (Lipinski definition) is 6. The van der Waals surface area contributed by atoms with Crippen molar-refractivity contribution in [2.24, 2.45) is 0 Å². The molecule has 2 aromatic rings. The molecule has 29 heavy (non-hydrogen) atoms. The Bertz CT molecular complexity index is 981. The van der Waals surface area contributed by atoms with Gasteiger partial charge in [0.05, 0.1) is 12.7 Å². The molecule has 6 nitrogen and oxygen atoms in total. The first-order chi connectivity index (χ1) is 13.7. The van der Waals surface area contributed by atoms with Crippen LogP contribution in [0.4, 0.5) is 0 Å². The summed E-state index contributed by atoms with van der Waals surface area (Å²) in [6.07, 6.45) is 1.67. The first-order valence-corrected chi connectivity index (χ1v) is 9.24.